The van der Waals surface area contributed by atoms with Crippen LogP contribution in [0, 0.1) is 11.8 Å². The van der Waals surface area contributed by atoms with Gasteiger partial charge in [-0.2, -0.15) is 0 Å². The Bertz CT molecular complexity index is 675. The van der Waals surface area contributed by atoms with E-state index in [0.717, 1.165) is 6.26 Å². The highest BCUT2D eigenvalue weighted by molar-refractivity contribution is 7.88. The minimum Gasteiger partial charge on any atom is -0.355 e. The molecule has 1 aromatic rings. The van der Waals surface area contributed by atoms with Crippen LogP contribution in [0.1, 0.15) is 31.1 Å². The third kappa shape index (κ3) is 4.64. The smallest absolute Gasteiger partial charge is 0.257 e. The van der Waals surface area contributed by atoms with E-state index in [0.29, 0.717) is 31.1 Å². The molecule has 134 valence electrons. The van der Waals surface area contributed by atoms with Crippen molar-refractivity contribution in [2.24, 2.45) is 11.8 Å². The molecule has 2 atom stereocenters. The van der Waals surface area contributed by atoms with Gasteiger partial charge in [0.05, 0.1) is 11.8 Å². The second-order valence-electron chi connectivity index (χ2n) is 6.44. The topological polar surface area (TPSA) is 104 Å². The number of hydrogen-bond acceptors (Lipinski definition) is 6. The second kappa shape index (κ2) is 7.43. The van der Waals surface area contributed by atoms with Gasteiger partial charge in [-0.05, 0) is 18.8 Å². The Morgan fingerprint density at radius 1 is 1.33 bits per heavy atom. The molecule has 0 radical (unpaired) electrons. The maximum atomic E-state index is 12.6. The van der Waals surface area contributed by atoms with Crippen LogP contribution in [-0.4, -0.2) is 61.1 Å². The van der Waals surface area contributed by atoms with Gasteiger partial charge < -0.3 is 10.2 Å². The van der Waals surface area contributed by atoms with Crippen LogP contribution in [0.4, 0.5) is 5.95 Å². The van der Waals surface area contributed by atoms with Crippen LogP contribution in [0.5, 0.6) is 0 Å². The first-order valence-electron chi connectivity index (χ1n) is 8.03. The Hall–Kier alpha value is -1.74. The van der Waals surface area contributed by atoms with Crippen LogP contribution < -0.4 is 10.0 Å². The van der Waals surface area contributed by atoms with Crippen LogP contribution in [0.3, 0.4) is 0 Å². The minimum atomic E-state index is -3.32. The predicted octanol–water partition coefficient (Wildman–Crippen LogP) is 0.554. The highest BCUT2D eigenvalue weighted by Gasteiger charge is 2.38. The van der Waals surface area contributed by atoms with E-state index in [1.54, 1.807) is 4.90 Å². The van der Waals surface area contributed by atoms with Crippen LogP contribution in [0.25, 0.3) is 0 Å². The number of nitrogens with one attached hydrogen (secondary N) is 2. The van der Waals surface area contributed by atoms with E-state index >= 15 is 0 Å². The van der Waals surface area contributed by atoms with Gasteiger partial charge >= 0.3 is 0 Å². The maximum absolute atomic E-state index is 12.6. The van der Waals surface area contributed by atoms with Gasteiger partial charge in [-0.1, -0.05) is 13.8 Å². The normalized spacial score (nSPS) is 21.3. The van der Waals surface area contributed by atoms with Gasteiger partial charge in [-0.15, -0.1) is 0 Å². The fraction of sp³-hybridized carbons (Fsp3) is 0.667. The summed E-state index contributed by atoms with van der Waals surface area (Å²) in [6.07, 6.45) is 4.13. The Balaban J connectivity index is 2.12. The molecule has 2 heterocycles. The SMILES string of the molecule is CCNc1ncc(C(=O)N2CC(NS(C)(=O)=O)C(C(C)C)C2)cn1. The molecule has 0 aliphatic carbocycles. The third-order valence-electron chi connectivity index (χ3n) is 4.11. The molecular weight excluding hydrogens is 330 g/mol. The van der Waals surface area contributed by atoms with Crippen molar-refractivity contribution in [1.29, 1.82) is 0 Å². The summed E-state index contributed by atoms with van der Waals surface area (Å²) in [6, 6.07) is -0.272. The molecule has 0 aromatic carbocycles. The average molecular weight is 355 g/mol. The zero-order chi connectivity index (χ0) is 17.9. The monoisotopic (exact) mass is 355 g/mol. The molecular formula is C15H25N5O3S. The summed E-state index contributed by atoms with van der Waals surface area (Å²) in [7, 11) is -3.32. The first kappa shape index (κ1) is 18.6. The largest absolute Gasteiger partial charge is 0.355 e. The highest BCUT2D eigenvalue weighted by Crippen LogP contribution is 2.26. The van der Waals surface area contributed by atoms with Crippen LogP contribution in [0.15, 0.2) is 12.4 Å². The molecule has 1 aromatic heterocycles. The quantitative estimate of drug-likeness (QED) is 0.772. The molecule has 2 unspecified atom stereocenters. The standard InChI is InChI=1S/C15H25N5O3S/c1-5-16-15-17-6-11(7-18-15)14(21)20-8-12(10(2)3)13(9-20)19-24(4,22)23/h6-7,10,12-13,19H,5,8-9H2,1-4H3,(H,16,17,18). The van der Waals surface area contributed by atoms with Crippen LogP contribution in [0.2, 0.25) is 0 Å². The number of hydrogen-bond donors (Lipinski definition) is 2. The zero-order valence-corrected chi connectivity index (χ0v) is 15.3. The van der Waals surface area contributed by atoms with Crippen molar-refractivity contribution in [2.75, 3.05) is 31.2 Å². The van der Waals surface area contributed by atoms with Gasteiger partial charge in [0, 0.05) is 38.1 Å². The summed E-state index contributed by atoms with van der Waals surface area (Å²) in [4.78, 5) is 22.5. The van der Waals surface area contributed by atoms with Gasteiger partial charge in [-0.25, -0.2) is 23.1 Å². The molecule has 24 heavy (non-hydrogen) atoms. The van der Waals surface area contributed by atoms with Gasteiger partial charge in [0.15, 0.2) is 0 Å². The molecule has 1 fully saturated rings. The Labute approximate surface area is 143 Å². The maximum Gasteiger partial charge on any atom is 0.257 e. The van der Waals surface area contributed by atoms with Gasteiger partial charge in [0.2, 0.25) is 16.0 Å². The number of amides is 1. The number of sulfonamides is 1. The van der Waals surface area contributed by atoms with Crippen molar-refractivity contribution in [3.8, 4) is 0 Å². The van der Waals surface area contributed by atoms with Crippen molar-refractivity contribution in [2.45, 2.75) is 26.8 Å². The van der Waals surface area contributed by atoms with Crippen LogP contribution in [-0.2, 0) is 10.0 Å². The summed E-state index contributed by atoms with van der Waals surface area (Å²) >= 11 is 0. The lowest BCUT2D eigenvalue weighted by molar-refractivity contribution is 0.0782. The lowest BCUT2D eigenvalue weighted by Crippen LogP contribution is -2.41. The van der Waals surface area contributed by atoms with Crippen molar-refractivity contribution in [3.63, 3.8) is 0 Å². The zero-order valence-electron chi connectivity index (χ0n) is 14.5. The number of carbonyl (C=O) groups is 1. The Kier molecular flexibility index (Phi) is 5.76. The summed E-state index contributed by atoms with van der Waals surface area (Å²) < 4.78 is 25.8. The molecule has 9 heteroatoms. The van der Waals surface area contributed by atoms with Crippen molar-refractivity contribution in [1.82, 2.24) is 19.6 Å². The lowest BCUT2D eigenvalue weighted by atomic mass is 9.92. The molecule has 1 saturated heterocycles. The molecule has 8 nitrogen and oxygen atoms in total. The number of nitrogens with zero attached hydrogens (tertiary/aromatic N) is 3. The van der Waals surface area contributed by atoms with E-state index in [1.807, 2.05) is 20.8 Å². The highest BCUT2D eigenvalue weighted by atomic mass is 32.2. The van der Waals surface area contributed by atoms with Gasteiger partial charge in [-0.3, -0.25) is 4.79 Å². The Morgan fingerprint density at radius 2 is 1.96 bits per heavy atom. The molecule has 0 spiro atoms. The first-order chi connectivity index (χ1) is 11.2. The van der Waals surface area contributed by atoms with Crippen molar-refractivity contribution < 1.29 is 13.2 Å². The number of aromatic nitrogens is 2. The fourth-order valence-electron chi connectivity index (χ4n) is 2.94. The summed E-state index contributed by atoms with van der Waals surface area (Å²) in [5.41, 5.74) is 0.402. The molecule has 0 saturated carbocycles. The van der Waals surface area contributed by atoms with E-state index in [-0.39, 0.29) is 23.8 Å². The molecule has 1 amide bonds. The fourth-order valence-corrected chi connectivity index (χ4v) is 3.74. The molecule has 2 N–H and O–H groups in total. The van der Waals surface area contributed by atoms with E-state index in [9.17, 15) is 13.2 Å². The molecule has 0 bridgehead atoms. The molecule has 2 rings (SSSR count). The molecule has 1 aliphatic heterocycles. The van der Waals surface area contributed by atoms with Crippen molar-refractivity contribution >= 4 is 21.9 Å². The average Bonchev–Trinajstić information content (AvgIpc) is 2.89. The van der Waals surface area contributed by atoms with E-state index in [2.05, 4.69) is 20.0 Å². The Morgan fingerprint density at radius 3 is 2.46 bits per heavy atom. The minimum absolute atomic E-state index is 0.0747. The molecule has 1 aliphatic rings. The summed E-state index contributed by atoms with van der Waals surface area (Å²) in [5, 5.41) is 2.97. The number of anilines is 1. The van der Waals surface area contributed by atoms with Gasteiger partial charge in [0.1, 0.15) is 0 Å². The van der Waals surface area contributed by atoms with Gasteiger partial charge in [0.25, 0.3) is 5.91 Å². The lowest BCUT2D eigenvalue weighted by Gasteiger charge is -2.21. The predicted molar refractivity (Wildman–Crippen MR) is 92.2 cm³/mol. The van der Waals surface area contributed by atoms with Crippen LogP contribution >= 0.6 is 0 Å². The number of rotatable bonds is 6. The third-order valence-corrected chi connectivity index (χ3v) is 4.84. The second-order valence-corrected chi connectivity index (χ2v) is 8.22. The van der Waals surface area contributed by atoms with E-state index in [4.69, 9.17) is 0 Å². The van der Waals surface area contributed by atoms with E-state index in [1.165, 1.54) is 12.4 Å². The summed E-state index contributed by atoms with van der Waals surface area (Å²) in [5.74, 6) is 0.633. The first-order valence-corrected chi connectivity index (χ1v) is 9.93. The number of carbonyl (C=O) groups excluding carboxylic acids is 1. The summed E-state index contributed by atoms with van der Waals surface area (Å²) in [6.45, 7) is 7.57. The number of likely N-dealkylation sites (tertiary alicyclic amines) is 1. The van der Waals surface area contributed by atoms with E-state index < -0.39 is 10.0 Å². The van der Waals surface area contributed by atoms with Crippen molar-refractivity contribution in [3.05, 3.63) is 18.0 Å².